The summed E-state index contributed by atoms with van der Waals surface area (Å²) in [7, 11) is 1.36. The molecule has 3 rings (SSSR count). The molecule has 146 valence electrons. The van der Waals surface area contributed by atoms with Gasteiger partial charge in [-0.15, -0.1) is 0 Å². The first-order valence-corrected chi connectivity index (χ1v) is 9.18. The maximum atomic E-state index is 12.4. The summed E-state index contributed by atoms with van der Waals surface area (Å²) in [5, 5.41) is 8.43. The van der Waals surface area contributed by atoms with Gasteiger partial charge in [0.2, 0.25) is 0 Å². The zero-order chi connectivity index (χ0) is 19.9. The second-order valence-corrected chi connectivity index (χ2v) is 6.68. The van der Waals surface area contributed by atoms with Crippen LogP contribution >= 0.6 is 0 Å². The smallest absolute Gasteiger partial charge is 0.319 e. The van der Waals surface area contributed by atoms with Crippen LogP contribution in [0.25, 0.3) is 0 Å². The van der Waals surface area contributed by atoms with Crippen LogP contribution in [0.3, 0.4) is 0 Å². The van der Waals surface area contributed by atoms with Crippen molar-refractivity contribution in [1.82, 2.24) is 5.32 Å². The van der Waals surface area contributed by atoms with E-state index in [1.807, 2.05) is 12.1 Å². The molecule has 0 radical (unpaired) electrons. The summed E-state index contributed by atoms with van der Waals surface area (Å²) < 4.78 is 4.62. The molecule has 3 amide bonds. The number of ether oxygens (including phenoxy) is 1. The van der Waals surface area contributed by atoms with E-state index in [9.17, 15) is 14.4 Å². The minimum Gasteiger partial charge on any atom is -0.469 e. The Morgan fingerprint density at radius 1 is 0.929 bits per heavy atom. The number of benzene rings is 2. The molecular weight excluding hydrogens is 358 g/mol. The van der Waals surface area contributed by atoms with Crippen LogP contribution < -0.4 is 16.0 Å². The summed E-state index contributed by atoms with van der Waals surface area (Å²) in [4.78, 5) is 35.3. The lowest BCUT2D eigenvalue weighted by atomic mass is 10.1. The van der Waals surface area contributed by atoms with E-state index in [4.69, 9.17) is 0 Å². The molecule has 2 aromatic carbocycles. The summed E-state index contributed by atoms with van der Waals surface area (Å²) >= 11 is 0. The molecule has 0 atom stereocenters. The Labute approximate surface area is 163 Å². The van der Waals surface area contributed by atoms with Gasteiger partial charge in [-0.25, -0.2) is 4.79 Å². The van der Waals surface area contributed by atoms with Crippen LogP contribution in [0.2, 0.25) is 0 Å². The van der Waals surface area contributed by atoms with Gasteiger partial charge >= 0.3 is 12.0 Å². The molecule has 7 heteroatoms. The van der Waals surface area contributed by atoms with E-state index in [1.54, 1.807) is 36.4 Å². The number of carbonyl (C=O) groups excluding carboxylic acids is 3. The molecule has 2 aromatic rings. The average Bonchev–Trinajstić information content (AvgIpc) is 3.51. The minimum absolute atomic E-state index is 0.216. The molecule has 1 fully saturated rings. The number of aryl methyl sites for hydroxylation is 1. The number of hydrogen-bond acceptors (Lipinski definition) is 4. The van der Waals surface area contributed by atoms with E-state index in [2.05, 4.69) is 20.7 Å². The first-order chi connectivity index (χ1) is 13.5. The molecule has 0 aromatic heterocycles. The number of urea groups is 1. The number of esters is 1. The van der Waals surface area contributed by atoms with Crippen LogP contribution in [-0.4, -0.2) is 31.1 Å². The van der Waals surface area contributed by atoms with Crippen LogP contribution in [0.5, 0.6) is 0 Å². The highest BCUT2D eigenvalue weighted by Gasteiger charge is 2.23. The summed E-state index contributed by atoms with van der Waals surface area (Å²) in [6.07, 6.45) is 2.94. The molecule has 0 aliphatic heterocycles. The fraction of sp³-hybridized carbons (Fsp3) is 0.286. The van der Waals surface area contributed by atoms with Gasteiger partial charge in [0.15, 0.2) is 0 Å². The lowest BCUT2D eigenvalue weighted by molar-refractivity contribution is -0.140. The van der Waals surface area contributed by atoms with Gasteiger partial charge in [-0.3, -0.25) is 9.59 Å². The van der Waals surface area contributed by atoms with Crippen LogP contribution in [0, 0.1) is 0 Å². The molecule has 1 saturated carbocycles. The van der Waals surface area contributed by atoms with Crippen molar-refractivity contribution in [3.8, 4) is 0 Å². The lowest BCUT2D eigenvalue weighted by Crippen LogP contribution is -2.30. The van der Waals surface area contributed by atoms with Gasteiger partial charge in [0.05, 0.1) is 7.11 Å². The number of amides is 3. The van der Waals surface area contributed by atoms with Crippen molar-refractivity contribution in [1.29, 1.82) is 0 Å². The number of methoxy groups -OCH3 is 1. The first kappa shape index (κ1) is 19.4. The monoisotopic (exact) mass is 381 g/mol. The fourth-order valence-electron chi connectivity index (χ4n) is 2.59. The van der Waals surface area contributed by atoms with Crippen molar-refractivity contribution in [2.24, 2.45) is 0 Å². The van der Waals surface area contributed by atoms with Crippen LogP contribution in [-0.2, 0) is 16.0 Å². The maximum absolute atomic E-state index is 12.4. The van der Waals surface area contributed by atoms with Crippen molar-refractivity contribution >= 4 is 29.3 Å². The number of hydrogen-bond donors (Lipinski definition) is 3. The molecule has 0 heterocycles. The van der Waals surface area contributed by atoms with Gasteiger partial charge in [0, 0.05) is 29.4 Å². The standard InChI is InChI=1S/C21H23N3O4/c1-28-19(25)13-4-14-2-5-15(6-3-14)20(26)22-16-7-9-17(10-8-16)23-21(27)24-18-11-12-18/h2-3,5-10,18H,4,11-13H2,1H3,(H,22,26)(H2,23,24,27). The summed E-state index contributed by atoms with van der Waals surface area (Å²) in [5.41, 5.74) is 2.77. The predicted octanol–water partition coefficient (Wildman–Crippen LogP) is 3.33. The third kappa shape index (κ3) is 5.84. The van der Waals surface area contributed by atoms with Gasteiger partial charge in [-0.1, -0.05) is 12.1 Å². The Hall–Kier alpha value is -3.35. The van der Waals surface area contributed by atoms with Crippen molar-refractivity contribution in [3.05, 3.63) is 59.7 Å². The van der Waals surface area contributed by atoms with Crippen LogP contribution in [0.1, 0.15) is 35.2 Å². The highest BCUT2D eigenvalue weighted by molar-refractivity contribution is 6.04. The van der Waals surface area contributed by atoms with Crippen LogP contribution in [0.15, 0.2) is 48.5 Å². The Kier molecular flexibility index (Phi) is 6.26. The number of anilines is 2. The van der Waals surface area contributed by atoms with Gasteiger partial charge in [0.1, 0.15) is 0 Å². The highest BCUT2D eigenvalue weighted by atomic mass is 16.5. The highest BCUT2D eigenvalue weighted by Crippen LogP contribution is 2.19. The number of carbonyl (C=O) groups is 3. The number of rotatable bonds is 7. The third-order valence-corrected chi connectivity index (χ3v) is 4.37. The third-order valence-electron chi connectivity index (χ3n) is 4.37. The Morgan fingerprint density at radius 2 is 1.54 bits per heavy atom. The summed E-state index contributed by atoms with van der Waals surface area (Å²) in [6, 6.07) is 14.1. The SMILES string of the molecule is COC(=O)CCc1ccc(C(=O)Nc2ccc(NC(=O)NC3CC3)cc2)cc1. The van der Waals surface area contributed by atoms with Crippen LogP contribution in [0.4, 0.5) is 16.2 Å². The molecule has 0 bridgehead atoms. The Bertz CT molecular complexity index is 843. The molecular formula is C21H23N3O4. The molecule has 0 spiro atoms. The maximum Gasteiger partial charge on any atom is 0.319 e. The van der Waals surface area contributed by atoms with E-state index in [0.29, 0.717) is 35.8 Å². The molecule has 0 saturated heterocycles. The predicted molar refractivity (Wildman–Crippen MR) is 106 cm³/mol. The Morgan fingerprint density at radius 3 is 2.11 bits per heavy atom. The zero-order valence-corrected chi connectivity index (χ0v) is 15.7. The van der Waals surface area contributed by atoms with Gasteiger partial charge < -0.3 is 20.7 Å². The summed E-state index contributed by atoms with van der Waals surface area (Å²) in [6.45, 7) is 0. The zero-order valence-electron chi connectivity index (χ0n) is 15.7. The Balaban J connectivity index is 1.50. The quantitative estimate of drug-likeness (QED) is 0.641. The molecule has 3 N–H and O–H groups in total. The topological polar surface area (TPSA) is 96.5 Å². The van der Waals surface area contributed by atoms with Gasteiger partial charge in [-0.05, 0) is 61.2 Å². The second-order valence-electron chi connectivity index (χ2n) is 6.68. The summed E-state index contributed by atoms with van der Waals surface area (Å²) in [5.74, 6) is -0.489. The molecule has 0 unspecified atom stereocenters. The minimum atomic E-state index is -0.259. The van der Waals surface area contributed by atoms with Gasteiger partial charge in [-0.2, -0.15) is 0 Å². The van der Waals surface area contributed by atoms with E-state index in [0.717, 1.165) is 18.4 Å². The average molecular weight is 381 g/mol. The first-order valence-electron chi connectivity index (χ1n) is 9.18. The second kappa shape index (κ2) is 9.03. The molecule has 1 aliphatic carbocycles. The lowest BCUT2D eigenvalue weighted by Gasteiger charge is -2.09. The number of nitrogens with one attached hydrogen (secondary N) is 3. The van der Waals surface area contributed by atoms with Crippen molar-refractivity contribution in [3.63, 3.8) is 0 Å². The van der Waals surface area contributed by atoms with Crippen molar-refractivity contribution in [2.75, 3.05) is 17.7 Å². The molecule has 7 nitrogen and oxygen atoms in total. The van der Waals surface area contributed by atoms with Crippen molar-refractivity contribution in [2.45, 2.75) is 31.7 Å². The van der Waals surface area contributed by atoms with E-state index < -0.39 is 0 Å². The molecule has 28 heavy (non-hydrogen) atoms. The van der Waals surface area contributed by atoms with Crippen molar-refractivity contribution < 1.29 is 19.1 Å². The van der Waals surface area contributed by atoms with E-state index in [-0.39, 0.29) is 17.9 Å². The largest absolute Gasteiger partial charge is 0.469 e. The normalized spacial score (nSPS) is 12.8. The van der Waals surface area contributed by atoms with E-state index >= 15 is 0 Å². The molecule has 1 aliphatic rings. The van der Waals surface area contributed by atoms with E-state index in [1.165, 1.54) is 7.11 Å². The fourth-order valence-corrected chi connectivity index (χ4v) is 2.59. The van der Waals surface area contributed by atoms with Gasteiger partial charge in [0.25, 0.3) is 5.91 Å².